The summed E-state index contributed by atoms with van der Waals surface area (Å²) in [7, 11) is 1.62. The molecule has 0 radical (unpaired) electrons. The van der Waals surface area contributed by atoms with Crippen molar-refractivity contribution in [3.8, 4) is 5.75 Å². The van der Waals surface area contributed by atoms with Crippen LogP contribution >= 0.6 is 15.9 Å². The second-order valence-corrected chi connectivity index (χ2v) is 6.89. The summed E-state index contributed by atoms with van der Waals surface area (Å²) in [5, 5.41) is 0. The van der Waals surface area contributed by atoms with E-state index in [0.717, 1.165) is 21.3 Å². The van der Waals surface area contributed by atoms with Gasteiger partial charge in [0.1, 0.15) is 5.75 Å². The van der Waals surface area contributed by atoms with Crippen LogP contribution in [0.4, 0.5) is 0 Å². The molecule has 4 heteroatoms. The Morgan fingerprint density at radius 2 is 1.70 bits per heavy atom. The summed E-state index contributed by atoms with van der Waals surface area (Å²) >= 11 is 3.48. The molecule has 3 aromatic carbocycles. The highest BCUT2D eigenvalue weighted by atomic mass is 79.9. The van der Waals surface area contributed by atoms with Crippen LogP contribution in [0, 0.1) is 0 Å². The molecule has 0 N–H and O–H groups in total. The zero-order valence-electron chi connectivity index (χ0n) is 15.1. The van der Waals surface area contributed by atoms with Crippen LogP contribution in [0.1, 0.15) is 21.5 Å². The van der Waals surface area contributed by atoms with Crippen molar-refractivity contribution in [2.75, 3.05) is 7.11 Å². The summed E-state index contributed by atoms with van der Waals surface area (Å²) in [6.07, 6.45) is 0. The van der Waals surface area contributed by atoms with Gasteiger partial charge in [-0.25, -0.2) is 0 Å². The number of amides is 1. The zero-order chi connectivity index (χ0) is 19.2. The minimum absolute atomic E-state index is 0.112. The standard InChI is InChI=1S/C23H20BrNO2/c1-17(19-11-8-12-20(15-19)27-2)25(16-18-9-4-3-5-10-18)23(26)21-13-6-7-14-22(21)24/h3-15H,1,16H2,2H3. The minimum atomic E-state index is -0.112. The van der Waals surface area contributed by atoms with Crippen molar-refractivity contribution < 1.29 is 9.53 Å². The number of benzene rings is 3. The number of carbonyl (C=O) groups excluding carboxylic acids is 1. The van der Waals surface area contributed by atoms with E-state index in [1.54, 1.807) is 12.0 Å². The van der Waals surface area contributed by atoms with E-state index in [9.17, 15) is 4.79 Å². The fourth-order valence-corrected chi connectivity index (χ4v) is 3.25. The summed E-state index contributed by atoms with van der Waals surface area (Å²) in [5.41, 5.74) is 3.09. The first-order valence-electron chi connectivity index (χ1n) is 8.54. The van der Waals surface area contributed by atoms with Gasteiger partial charge in [-0.15, -0.1) is 0 Å². The van der Waals surface area contributed by atoms with E-state index >= 15 is 0 Å². The molecule has 0 saturated heterocycles. The molecule has 0 bridgehead atoms. The van der Waals surface area contributed by atoms with E-state index in [1.807, 2.05) is 78.9 Å². The van der Waals surface area contributed by atoms with Gasteiger partial charge in [0, 0.05) is 15.7 Å². The SMILES string of the molecule is C=C(c1cccc(OC)c1)N(Cc1ccccc1)C(=O)c1ccccc1Br. The van der Waals surface area contributed by atoms with Crippen LogP contribution in [0.2, 0.25) is 0 Å². The van der Waals surface area contributed by atoms with Gasteiger partial charge in [0.2, 0.25) is 0 Å². The summed E-state index contributed by atoms with van der Waals surface area (Å²) < 4.78 is 6.07. The number of ether oxygens (including phenoxy) is 1. The number of halogens is 1. The summed E-state index contributed by atoms with van der Waals surface area (Å²) in [5.74, 6) is 0.612. The van der Waals surface area contributed by atoms with E-state index in [2.05, 4.69) is 22.5 Å². The van der Waals surface area contributed by atoms with Crippen molar-refractivity contribution >= 4 is 27.5 Å². The van der Waals surface area contributed by atoms with E-state index in [4.69, 9.17) is 4.74 Å². The lowest BCUT2D eigenvalue weighted by Gasteiger charge is -2.26. The van der Waals surface area contributed by atoms with Gasteiger partial charge in [0.25, 0.3) is 5.91 Å². The lowest BCUT2D eigenvalue weighted by atomic mass is 10.1. The lowest BCUT2D eigenvalue weighted by Crippen LogP contribution is -2.29. The van der Waals surface area contributed by atoms with Gasteiger partial charge in [-0.05, 0) is 45.8 Å². The molecule has 0 aliphatic heterocycles. The van der Waals surface area contributed by atoms with Crippen molar-refractivity contribution in [1.82, 2.24) is 4.90 Å². The lowest BCUT2D eigenvalue weighted by molar-refractivity contribution is 0.0827. The van der Waals surface area contributed by atoms with E-state index in [-0.39, 0.29) is 5.91 Å². The third kappa shape index (κ3) is 4.47. The fourth-order valence-electron chi connectivity index (χ4n) is 2.79. The highest BCUT2D eigenvalue weighted by Crippen LogP contribution is 2.27. The van der Waals surface area contributed by atoms with Crippen LogP contribution in [-0.4, -0.2) is 17.9 Å². The Morgan fingerprint density at radius 1 is 1.00 bits per heavy atom. The third-order valence-electron chi connectivity index (χ3n) is 4.26. The van der Waals surface area contributed by atoms with Gasteiger partial charge in [0.15, 0.2) is 0 Å². The highest BCUT2D eigenvalue weighted by Gasteiger charge is 2.22. The smallest absolute Gasteiger partial charge is 0.259 e. The van der Waals surface area contributed by atoms with Crippen LogP contribution in [-0.2, 0) is 6.54 Å². The number of hydrogen-bond donors (Lipinski definition) is 0. The normalized spacial score (nSPS) is 10.3. The first-order valence-corrected chi connectivity index (χ1v) is 9.33. The molecule has 3 nitrogen and oxygen atoms in total. The first kappa shape index (κ1) is 18.9. The van der Waals surface area contributed by atoms with E-state index in [1.165, 1.54) is 0 Å². The maximum Gasteiger partial charge on any atom is 0.259 e. The number of methoxy groups -OCH3 is 1. The molecule has 3 aromatic rings. The first-order chi connectivity index (χ1) is 13.1. The zero-order valence-corrected chi connectivity index (χ0v) is 16.6. The van der Waals surface area contributed by atoms with Gasteiger partial charge in [0.05, 0.1) is 19.2 Å². The average molecular weight is 422 g/mol. The largest absolute Gasteiger partial charge is 0.497 e. The Morgan fingerprint density at radius 3 is 2.41 bits per heavy atom. The maximum atomic E-state index is 13.3. The van der Waals surface area contributed by atoms with Crippen molar-refractivity contribution in [3.63, 3.8) is 0 Å². The molecule has 0 spiro atoms. The molecule has 0 aliphatic rings. The quantitative estimate of drug-likeness (QED) is 0.505. The van der Waals surface area contributed by atoms with Gasteiger partial charge in [-0.1, -0.05) is 61.2 Å². The number of rotatable bonds is 6. The predicted molar refractivity (Wildman–Crippen MR) is 112 cm³/mol. The van der Waals surface area contributed by atoms with Gasteiger partial charge >= 0.3 is 0 Å². The molecule has 136 valence electrons. The van der Waals surface area contributed by atoms with E-state index in [0.29, 0.717) is 17.8 Å². The molecule has 0 fully saturated rings. The molecule has 0 aliphatic carbocycles. The molecule has 0 saturated carbocycles. The van der Waals surface area contributed by atoms with Crippen LogP contribution in [0.15, 0.2) is 89.9 Å². The van der Waals surface area contributed by atoms with Crippen molar-refractivity contribution in [2.45, 2.75) is 6.54 Å². The minimum Gasteiger partial charge on any atom is -0.497 e. The third-order valence-corrected chi connectivity index (χ3v) is 4.95. The molecule has 0 atom stereocenters. The van der Waals surface area contributed by atoms with Crippen LogP contribution < -0.4 is 4.74 Å². The fraction of sp³-hybridized carbons (Fsp3) is 0.0870. The Labute approximate surface area is 168 Å². The molecule has 1 amide bonds. The maximum absolute atomic E-state index is 13.3. The molecule has 27 heavy (non-hydrogen) atoms. The molecule has 0 unspecified atom stereocenters. The summed E-state index contributed by atoms with van der Waals surface area (Å²) in [6.45, 7) is 4.63. The Balaban J connectivity index is 2.00. The Hall–Kier alpha value is -2.85. The molecule has 0 aromatic heterocycles. The second kappa shape index (κ2) is 8.69. The topological polar surface area (TPSA) is 29.5 Å². The molecule has 3 rings (SSSR count). The van der Waals surface area contributed by atoms with Gasteiger partial charge in [-0.2, -0.15) is 0 Å². The highest BCUT2D eigenvalue weighted by molar-refractivity contribution is 9.10. The van der Waals surface area contributed by atoms with E-state index < -0.39 is 0 Å². The Bertz CT molecular complexity index is 953. The molecular formula is C23H20BrNO2. The van der Waals surface area contributed by atoms with Crippen molar-refractivity contribution in [3.05, 3.63) is 107 Å². The second-order valence-electron chi connectivity index (χ2n) is 6.04. The number of nitrogens with zero attached hydrogens (tertiary/aromatic N) is 1. The van der Waals surface area contributed by atoms with Crippen LogP contribution in [0.3, 0.4) is 0 Å². The Kier molecular flexibility index (Phi) is 6.09. The monoisotopic (exact) mass is 421 g/mol. The number of hydrogen-bond acceptors (Lipinski definition) is 2. The van der Waals surface area contributed by atoms with Crippen LogP contribution in [0.25, 0.3) is 5.70 Å². The summed E-state index contributed by atoms with van der Waals surface area (Å²) in [6, 6.07) is 24.9. The van der Waals surface area contributed by atoms with Crippen molar-refractivity contribution in [1.29, 1.82) is 0 Å². The van der Waals surface area contributed by atoms with Crippen molar-refractivity contribution in [2.24, 2.45) is 0 Å². The van der Waals surface area contributed by atoms with Gasteiger partial charge < -0.3 is 9.64 Å². The van der Waals surface area contributed by atoms with Gasteiger partial charge in [-0.3, -0.25) is 4.79 Å². The predicted octanol–water partition coefficient (Wildman–Crippen LogP) is 5.77. The molecule has 0 heterocycles. The number of carbonyl (C=O) groups is 1. The van der Waals surface area contributed by atoms with Crippen LogP contribution in [0.5, 0.6) is 5.75 Å². The molecular weight excluding hydrogens is 402 g/mol. The summed E-state index contributed by atoms with van der Waals surface area (Å²) in [4.78, 5) is 15.0. The average Bonchev–Trinajstić information content (AvgIpc) is 2.72.